The van der Waals surface area contributed by atoms with E-state index in [1.165, 1.54) is 29.5 Å². The Morgan fingerprint density at radius 2 is 1.96 bits per heavy atom. The van der Waals surface area contributed by atoms with Crippen molar-refractivity contribution in [1.82, 2.24) is 15.2 Å². The van der Waals surface area contributed by atoms with Gasteiger partial charge in [0.05, 0.1) is 11.6 Å². The zero-order valence-electron chi connectivity index (χ0n) is 16.3. The molecule has 1 atom stereocenters. The topological polar surface area (TPSA) is 53.6 Å². The zero-order chi connectivity index (χ0) is 19.1. The van der Waals surface area contributed by atoms with Crippen molar-refractivity contribution in [3.63, 3.8) is 0 Å². The Kier molecular flexibility index (Phi) is 4.12. The fourth-order valence-electron chi connectivity index (χ4n) is 4.29. The monoisotopic (exact) mass is 368 g/mol. The maximum absolute atomic E-state index is 4.56. The predicted octanol–water partition coefficient (Wildman–Crippen LogP) is 5.73. The summed E-state index contributed by atoms with van der Waals surface area (Å²) in [5, 5.41) is 12.6. The Hall–Kier alpha value is -3.14. The number of pyridine rings is 1. The van der Waals surface area contributed by atoms with Crippen LogP contribution in [0.2, 0.25) is 0 Å². The minimum Gasteiger partial charge on any atom is -0.378 e. The molecule has 1 aliphatic carbocycles. The van der Waals surface area contributed by atoms with Crippen LogP contribution in [0.3, 0.4) is 0 Å². The van der Waals surface area contributed by atoms with Gasteiger partial charge >= 0.3 is 0 Å². The molecule has 0 aliphatic heterocycles. The number of benzene rings is 2. The molecule has 4 nitrogen and oxygen atoms in total. The molecule has 28 heavy (non-hydrogen) atoms. The number of aromatic nitrogens is 3. The van der Waals surface area contributed by atoms with Crippen molar-refractivity contribution in [3.05, 3.63) is 77.1 Å². The van der Waals surface area contributed by atoms with Crippen molar-refractivity contribution in [2.24, 2.45) is 0 Å². The summed E-state index contributed by atoms with van der Waals surface area (Å²) in [7, 11) is 0. The highest BCUT2D eigenvalue weighted by molar-refractivity contribution is 5.94. The van der Waals surface area contributed by atoms with Crippen LogP contribution in [0.15, 0.2) is 54.7 Å². The molecule has 2 heterocycles. The van der Waals surface area contributed by atoms with E-state index in [0.29, 0.717) is 6.04 Å². The van der Waals surface area contributed by atoms with Gasteiger partial charge in [-0.2, -0.15) is 5.10 Å². The fraction of sp³-hybridized carbons (Fsp3) is 0.250. The van der Waals surface area contributed by atoms with Gasteiger partial charge in [-0.25, -0.2) is 0 Å². The molecule has 2 N–H and O–H groups in total. The second-order valence-electron chi connectivity index (χ2n) is 7.81. The molecule has 140 valence electrons. The third-order valence-electron chi connectivity index (χ3n) is 5.69. The van der Waals surface area contributed by atoms with Gasteiger partial charge in [0, 0.05) is 28.5 Å². The van der Waals surface area contributed by atoms with Gasteiger partial charge in [-0.1, -0.05) is 23.8 Å². The van der Waals surface area contributed by atoms with E-state index in [9.17, 15) is 0 Å². The number of rotatable bonds is 3. The first-order valence-electron chi connectivity index (χ1n) is 9.94. The number of hydrogen-bond donors (Lipinski definition) is 2. The van der Waals surface area contributed by atoms with E-state index in [4.69, 9.17) is 0 Å². The SMILES string of the molecule is Cc1ccc2c(c1)C(Nc1ccc3[nH]nc(-c4ccnc(C)c4)c3c1)CCC2. The summed E-state index contributed by atoms with van der Waals surface area (Å²) in [5.41, 5.74) is 9.51. The summed E-state index contributed by atoms with van der Waals surface area (Å²) < 4.78 is 0. The predicted molar refractivity (Wildman–Crippen MR) is 115 cm³/mol. The maximum atomic E-state index is 4.56. The van der Waals surface area contributed by atoms with Gasteiger partial charge < -0.3 is 5.32 Å². The molecule has 1 aliphatic rings. The molecule has 0 bridgehead atoms. The lowest BCUT2D eigenvalue weighted by Crippen LogP contribution is -2.17. The average Bonchev–Trinajstić information content (AvgIpc) is 3.12. The normalized spacial score (nSPS) is 16.1. The Labute approximate surface area is 165 Å². The van der Waals surface area contributed by atoms with Gasteiger partial charge in [0.25, 0.3) is 0 Å². The molecule has 1 unspecified atom stereocenters. The lowest BCUT2D eigenvalue weighted by atomic mass is 9.86. The lowest BCUT2D eigenvalue weighted by molar-refractivity contribution is 0.600. The number of hydrogen-bond acceptors (Lipinski definition) is 3. The third-order valence-corrected chi connectivity index (χ3v) is 5.69. The van der Waals surface area contributed by atoms with E-state index in [1.54, 1.807) is 0 Å². The molecular formula is C24H24N4. The Balaban J connectivity index is 1.51. The molecule has 5 rings (SSSR count). The Morgan fingerprint density at radius 3 is 2.86 bits per heavy atom. The van der Waals surface area contributed by atoms with Crippen molar-refractivity contribution < 1.29 is 0 Å². The first-order valence-corrected chi connectivity index (χ1v) is 9.94. The second kappa shape index (κ2) is 6.79. The quantitative estimate of drug-likeness (QED) is 0.485. The molecule has 4 heteroatoms. The number of aromatic amines is 1. The van der Waals surface area contributed by atoms with Crippen LogP contribution in [0.1, 0.15) is 41.3 Å². The maximum Gasteiger partial charge on any atom is 0.100 e. The number of aryl methyl sites for hydroxylation is 3. The molecular weight excluding hydrogens is 344 g/mol. The van der Waals surface area contributed by atoms with Gasteiger partial charge in [-0.05, 0) is 74.6 Å². The van der Waals surface area contributed by atoms with Gasteiger partial charge in [-0.15, -0.1) is 0 Å². The zero-order valence-corrected chi connectivity index (χ0v) is 16.3. The highest BCUT2D eigenvalue weighted by Gasteiger charge is 2.20. The van der Waals surface area contributed by atoms with Crippen molar-refractivity contribution in [2.45, 2.75) is 39.2 Å². The minimum absolute atomic E-state index is 0.361. The molecule has 0 saturated carbocycles. The van der Waals surface area contributed by atoms with Crippen molar-refractivity contribution >= 4 is 16.6 Å². The summed E-state index contributed by atoms with van der Waals surface area (Å²) in [5.74, 6) is 0. The van der Waals surface area contributed by atoms with Gasteiger partial charge in [-0.3, -0.25) is 10.1 Å². The molecule has 0 amide bonds. The van der Waals surface area contributed by atoms with Gasteiger partial charge in [0.15, 0.2) is 0 Å². The van der Waals surface area contributed by atoms with Crippen molar-refractivity contribution in [3.8, 4) is 11.3 Å². The molecule has 0 saturated heterocycles. The van der Waals surface area contributed by atoms with Crippen LogP contribution in [-0.4, -0.2) is 15.2 Å². The number of anilines is 1. The van der Waals surface area contributed by atoms with E-state index in [1.807, 2.05) is 19.2 Å². The third kappa shape index (κ3) is 3.05. The number of nitrogens with zero attached hydrogens (tertiary/aromatic N) is 2. The first-order chi connectivity index (χ1) is 13.7. The van der Waals surface area contributed by atoms with Crippen molar-refractivity contribution in [1.29, 1.82) is 0 Å². The molecule has 0 radical (unpaired) electrons. The Bertz CT molecular complexity index is 1160. The largest absolute Gasteiger partial charge is 0.378 e. The first kappa shape index (κ1) is 17.0. The van der Waals surface area contributed by atoms with Crippen LogP contribution in [0.25, 0.3) is 22.2 Å². The van der Waals surface area contributed by atoms with Crippen molar-refractivity contribution in [2.75, 3.05) is 5.32 Å². The van der Waals surface area contributed by atoms with Gasteiger partial charge in [0.2, 0.25) is 0 Å². The van der Waals surface area contributed by atoms with E-state index < -0.39 is 0 Å². The summed E-state index contributed by atoms with van der Waals surface area (Å²) in [6.07, 6.45) is 5.41. The van der Waals surface area contributed by atoms with E-state index >= 15 is 0 Å². The molecule has 0 fully saturated rings. The van der Waals surface area contributed by atoms with Gasteiger partial charge in [0.1, 0.15) is 5.69 Å². The fourth-order valence-corrected chi connectivity index (χ4v) is 4.29. The minimum atomic E-state index is 0.361. The van der Waals surface area contributed by atoms with Crippen LogP contribution in [0.4, 0.5) is 5.69 Å². The van der Waals surface area contributed by atoms with E-state index in [-0.39, 0.29) is 0 Å². The molecule has 2 aromatic carbocycles. The summed E-state index contributed by atoms with van der Waals surface area (Å²) in [6.45, 7) is 4.18. The standard InChI is InChI=1S/C24H24N4/c1-15-6-7-17-4-3-5-22(20(17)12-15)26-19-8-9-23-21(14-19)24(28-27-23)18-10-11-25-16(2)13-18/h6-14,22,26H,3-5H2,1-2H3,(H,27,28). The van der Waals surface area contributed by atoms with Crippen LogP contribution < -0.4 is 5.32 Å². The average molecular weight is 368 g/mol. The molecule has 2 aromatic heterocycles. The summed E-state index contributed by atoms with van der Waals surface area (Å²) in [6, 6.07) is 17.8. The lowest BCUT2D eigenvalue weighted by Gasteiger charge is -2.27. The van der Waals surface area contributed by atoms with Crippen LogP contribution in [0.5, 0.6) is 0 Å². The molecule has 4 aromatic rings. The van der Waals surface area contributed by atoms with E-state index in [0.717, 1.165) is 40.0 Å². The second-order valence-corrected chi connectivity index (χ2v) is 7.81. The smallest absolute Gasteiger partial charge is 0.100 e. The number of fused-ring (bicyclic) bond motifs is 2. The summed E-state index contributed by atoms with van der Waals surface area (Å²) >= 11 is 0. The van der Waals surface area contributed by atoms with Crippen LogP contribution in [-0.2, 0) is 6.42 Å². The summed E-state index contributed by atoms with van der Waals surface area (Å²) in [4.78, 5) is 4.30. The van der Waals surface area contributed by atoms with Crippen LogP contribution >= 0.6 is 0 Å². The van der Waals surface area contributed by atoms with Crippen LogP contribution in [0, 0.1) is 13.8 Å². The molecule has 0 spiro atoms. The Morgan fingerprint density at radius 1 is 1.04 bits per heavy atom. The van der Waals surface area contributed by atoms with E-state index in [2.05, 4.69) is 69.9 Å². The highest BCUT2D eigenvalue weighted by Crippen LogP contribution is 2.35. The number of H-pyrrole nitrogens is 1. The highest BCUT2D eigenvalue weighted by atomic mass is 15.1. The number of nitrogens with one attached hydrogen (secondary N) is 2.